The smallest absolute Gasteiger partial charge is 0.337 e. The summed E-state index contributed by atoms with van der Waals surface area (Å²) in [5.74, 6) is -1.04. The molecule has 5 heteroatoms. The summed E-state index contributed by atoms with van der Waals surface area (Å²) in [5.41, 5.74) is 0.944. The van der Waals surface area contributed by atoms with Crippen LogP contribution in [0.5, 0.6) is 0 Å². The van der Waals surface area contributed by atoms with Crippen molar-refractivity contribution in [1.82, 2.24) is 9.97 Å². The van der Waals surface area contributed by atoms with Crippen molar-refractivity contribution in [2.45, 2.75) is 0 Å². The van der Waals surface area contributed by atoms with Crippen LogP contribution in [0.4, 0.5) is 0 Å². The highest BCUT2D eigenvalue weighted by Crippen LogP contribution is 2.16. The average Bonchev–Trinajstić information content (AvgIpc) is 2.16. The van der Waals surface area contributed by atoms with Gasteiger partial charge in [0.05, 0.1) is 17.3 Å². The maximum absolute atomic E-state index is 10.8. The van der Waals surface area contributed by atoms with Gasteiger partial charge in [-0.2, -0.15) is 0 Å². The summed E-state index contributed by atoms with van der Waals surface area (Å²) in [4.78, 5) is 18.7. The average molecular weight is 209 g/mol. The Morgan fingerprint density at radius 3 is 2.93 bits per heavy atom. The first-order chi connectivity index (χ1) is 6.68. The molecule has 0 atom stereocenters. The first-order valence-corrected chi connectivity index (χ1v) is 4.21. The molecule has 0 aliphatic rings. The number of halogens is 1. The molecule has 0 bridgehead atoms. The molecule has 1 N–H and O–H groups in total. The molecule has 0 amide bonds. The Hall–Kier alpha value is -1.68. The first-order valence-electron chi connectivity index (χ1n) is 3.83. The number of aromatic nitrogens is 2. The largest absolute Gasteiger partial charge is 0.478 e. The summed E-state index contributed by atoms with van der Waals surface area (Å²) in [6.45, 7) is 0. The van der Waals surface area contributed by atoms with Crippen molar-refractivity contribution in [2.24, 2.45) is 0 Å². The van der Waals surface area contributed by atoms with Crippen molar-refractivity contribution in [3.05, 3.63) is 35.1 Å². The van der Waals surface area contributed by atoms with Crippen LogP contribution < -0.4 is 0 Å². The lowest BCUT2D eigenvalue weighted by molar-refractivity contribution is 0.0699. The van der Waals surface area contributed by atoms with E-state index in [0.717, 1.165) is 0 Å². The number of para-hydroxylation sites is 1. The minimum Gasteiger partial charge on any atom is -0.478 e. The highest BCUT2D eigenvalue weighted by Gasteiger charge is 2.09. The fraction of sp³-hybridized carbons (Fsp3) is 0. The Morgan fingerprint density at radius 2 is 2.21 bits per heavy atom. The zero-order valence-corrected chi connectivity index (χ0v) is 7.69. The lowest BCUT2D eigenvalue weighted by Crippen LogP contribution is -1.99. The highest BCUT2D eigenvalue weighted by atomic mass is 35.5. The molecule has 0 fully saturated rings. The molecule has 1 heterocycles. The molecule has 0 aliphatic carbocycles. The van der Waals surface area contributed by atoms with Crippen LogP contribution in [0.15, 0.2) is 24.4 Å². The van der Waals surface area contributed by atoms with E-state index in [2.05, 4.69) is 9.97 Å². The summed E-state index contributed by atoms with van der Waals surface area (Å²) >= 11 is 5.63. The standard InChI is InChI=1S/C9H5ClN2O2/c10-7-4-11-6-3-1-2-5(9(13)14)8(6)12-7/h1-4H,(H,13,14). The predicted molar refractivity (Wildman–Crippen MR) is 51.5 cm³/mol. The maximum Gasteiger partial charge on any atom is 0.337 e. The molecule has 0 saturated carbocycles. The number of hydrogen-bond donors (Lipinski definition) is 1. The van der Waals surface area contributed by atoms with Crippen molar-refractivity contribution in [1.29, 1.82) is 0 Å². The molecule has 0 radical (unpaired) electrons. The van der Waals surface area contributed by atoms with Gasteiger partial charge in [0.2, 0.25) is 0 Å². The van der Waals surface area contributed by atoms with E-state index in [1.807, 2.05) is 0 Å². The predicted octanol–water partition coefficient (Wildman–Crippen LogP) is 1.98. The topological polar surface area (TPSA) is 63.1 Å². The van der Waals surface area contributed by atoms with E-state index in [-0.39, 0.29) is 10.7 Å². The molecule has 0 saturated heterocycles. The molecule has 14 heavy (non-hydrogen) atoms. The molecule has 1 aromatic carbocycles. The van der Waals surface area contributed by atoms with E-state index in [1.165, 1.54) is 12.3 Å². The SMILES string of the molecule is O=C(O)c1cccc2ncc(Cl)nc12. The van der Waals surface area contributed by atoms with Crippen LogP contribution in [0.2, 0.25) is 5.15 Å². The number of rotatable bonds is 1. The van der Waals surface area contributed by atoms with Crippen molar-refractivity contribution >= 4 is 28.6 Å². The van der Waals surface area contributed by atoms with Gasteiger partial charge in [0.1, 0.15) is 10.7 Å². The third-order valence-corrected chi connectivity index (χ3v) is 1.96. The molecular formula is C9H5ClN2O2. The Kier molecular flexibility index (Phi) is 2.05. The second-order valence-electron chi connectivity index (χ2n) is 2.67. The summed E-state index contributed by atoms with van der Waals surface area (Å²) in [6, 6.07) is 4.77. The Morgan fingerprint density at radius 1 is 1.43 bits per heavy atom. The van der Waals surface area contributed by atoms with Crippen LogP contribution in [0.3, 0.4) is 0 Å². The molecule has 0 unspecified atom stereocenters. The van der Waals surface area contributed by atoms with Crippen LogP contribution in [0, 0.1) is 0 Å². The zero-order chi connectivity index (χ0) is 10.1. The van der Waals surface area contributed by atoms with Gasteiger partial charge in [0, 0.05) is 0 Å². The van der Waals surface area contributed by atoms with Gasteiger partial charge >= 0.3 is 5.97 Å². The number of carbonyl (C=O) groups is 1. The number of aromatic carboxylic acids is 1. The van der Waals surface area contributed by atoms with E-state index in [1.54, 1.807) is 12.1 Å². The van der Waals surface area contributed by atoms with Crippen molar-refractivity contribution in [3.63, 3.8) is 0 Å². The molecule has 2 aromatic rings. The summed E-state index contributed by atoms with van der Waals surface area (Å²) < 4.78 is 0. The maximum atomic E-state index is 10.8. The van der Waals surface area contributed by atoms with E-state index in [9.17, 15) is 4.79 Å². The number of carboxylic acids is 1. The van der Waals surface area contributed by atoms with E-state index >= 15 is 0 Å². The molecule has 2 rings (SSSR count). The lowest BCUT2D eigenvalue weighted by atomic mass is 10.2. The van der Waals surface area contributed by atoms with Crippen LogP contribution in [0.25, 0.3) is 11.0 Å². The van der Waals surface area contributed by atoms with Crippen molar-refractivity contribution in [3.8, 4) is 0 Å². The van der Waals surface area contributed by atoms with E-state index < -0.39 is 5.97 Å². The second kappa shape index (κ2) is 3.23. The van der Waals surface area contributed by atoms with Crippen molar-refractivity contribution < 1.29 is 9.90 Å². The zero-order valence-electron chi connectivity index (χ0n) is 6.94. The fourth-order valence-electron chi connectivity index (χ4n) is 1.18. The third kappa shape index (κ3) is 1.40. The first kappa shape index (κ1) is 8.90. The van der Waals surface area contributed by atoms with Crippen LogP contribution in [-0.2, 0) is 0 Å². The van der Waals surface area contributed by atoms with Gasteiger partial charge in [0.15, 0.2) is 0 Å². The monoisotopic (exact) mass is 208 g/mol. The number of hydrogen-bond acceptors (Lipinski definition) is 3. The van der Waals surface area contributed by atoms with Gasteiger partial charge in [-0.3, -0.25) is 4.98 Å². The number of nitrogens with zero attached hydrogens (tertiary/aromatic N) is 2. The summed E-state index contributed by atoms with van der Waals surface area (Å²) in [6.07, 6.45) is 1.38. The van der Waals surface area contributed by atoms with Gasteiger partial charge in [0.25, 0.3) is 0 Å². The molecular weight excluding hydrogens is 204 g/mol. The Balaban J connectivity index is 2.84. The molecule has 70 valence electrons. The van der Waals surface area contributed by atoms with Crippen LogP contribution >= 0.6 is 11.6 Å². The van der Waals surface area contributed by atoms with E-state index in [4.69, 9.17) is 16.7 Å². The third-order valence-electron chi connectivity index (χ3n) is 1.77. The summed E-state index contributed by atoms with van der Waals surface area (Å²) in [7, 11) is 0. The minimum absolute atomic E-state index is 0.109. The van der Waals surface area contributed by atoms with Gasteiger partial charge in [-0.1, -0.05) is 17.7 Å². The lowest BCUT2D eigenvalue weighted by Gasteiger charge is -2.00. The minimum atomic E-state index is -1.04. The number of carboxylic acid groups (broad SMARTS) is 1. The number of benzene rings is 1. The molecule has 0 spiro atoms. The van der Waals surface area contributed by atoms with E-state index in [0.29, 0.717) is 11.0 Å². The summed E-state index contributed by atoms with van der Waals surface area (Å²) in [5, 5.41) is 9.05. The molecule has 1 aromatic heterocycles. The van der Waals surface area contributed by atoms with Gasteiger partial charge in [-0.05, 0) is 12.1 Å². The Labute approximate surface area is 84.2 Å². The van der Waals surface area contributed by atoms with Gasteiger partial charge in [-0.15, -0.1) is 0 Å². The highest BCUT2D eigenvalue weighted by molar-refractivity contribution is 6.29. The van der Waals surface area contributed by atoms with Crippen molar-refractivity contribution in [2.75, 3.05) is 0 Å². The number of fused-ring (bicyclic) bond motifs is 1. The molecule has 4 nitrogen and oxygen atoms in total. The second-order valence-corrected chi connectivity index (χ2v) is 3.06. The normalized spacial score (nSPS) is 10.4. The van der Waals surface area contributed by atoms with Gasteiger partial charge < -0.3 is 5.11 Å². The Bertz CT molecular complexity index is 513. The molecule has 0 aliphatic heterocycles. The van der Waals surface area contributed by atoms with Crippen LogP contribution in [-0.4, -0.2) is 21.0 Å². The quantitative estimate of drug-likeness (QED) is 0.779. The fourth-order valence-corrected chi connectivity index (χ4v) is 1.32. The van der Waals surface area contributed by atoms with Gasteiger partial charge in [-0.25, -0.2) is 9.78 Å². The van der Waals surface area contributed by atoms with Crippen LogP contribution in [0.1, 0.15) is 10.4 Å².